The van der Waals surface area contributed by atoms with Gasteiger partial charge in [0.05, 0.1) is 0 Å². The van der Waals surface area contributed by atoms with Crippen LogP contribution in [0.15, 0.2) is 48.5 Å². The molecule has 0 heterocycles. The molecule has 0 unspecified atom stereocenters. The summed E-state index contributed by atoms with van der Waals surface area (Å²) in [6, 6.07) is 16.0. The first-order valence-electron chi connectivity index (χ1n) is 5.93. The number of benzene rings is 2. The van der Waals surface area contributed by atoms with E-state index in [0.717, 1.165) is 22.4 Å². The molecule has 2 N–H and O–H groups in total. The molecule has 18 heavy (non-hydrogen) atoms. The lowest BCUT2D eigenvalue weighted by atomic mass is 10.1. The summed E-state index contributed by atoms with van der Waals surface area (Å²) >= 11 is 0. The molecular formula is C15H17NO2. The van der Waals surface area contributed by atoms with E-state index in [1.54, 1.807) is 0 Å². The van der Waals surface area contributed by atoms with E-state index in [9.17, 15) is 0 Å². The lowest BCUT2D eigenvalue weighted by molar-refractivity contribution is 0.161. The lowest BCUT2D eigenvalue weighted by Crippen LogP contribution is -2.06. The third-order valence-electron chi connectivity index (χ3n) is 2.77. The summed E-state index contributed by atoms with van der Waals surface area (Å²) in [6.45, 7) is 2.98. The fraction of sp³-hybridized carbons (Fsp3) is 0.200. The van der Waals surface area contributed by atoms with E-state index in [-0.39, 0.29) is 0 Å². The summed E-state index contributed by atoms with van der Waals surface area (Å²) in [5.41, 5.74) is 5.37. The molecule has 0 saturated heterocycles. The van der Waals surface area contributed by atoms with Gasteiger partial charge >= 0.3 is 0 Å². The summed E-state index contributed by atoms with van der Waals surface area (Å²) in [5.74, 6) is 0.853. The average molecular weight is 243 g/mol. The molecule has 0 aliphatic heterocycles. The third-order valence-corrected chi connectivity index (χ3v) is 2.77. The van der Waals surface area contributed by atoms with Crippen LogP contribution in [-0.4, -0.2) is 5.21 Å². The van der Waals surface area contributed by atoms with E-state index in [0.29, 0.717) is 13.2 Å². The Kier molecular flexibility index (Phi) is 4.34. The van der Waals surface area contributed by atoms with Crippen molar-refractivity contribution in [3.63, 3.8) is 0 Å². The van der Waals surface area contributed by atoms with Crippen molar-refractivity contribution in [1.29, 1.82) is 0 Å². The molecule has 0 aliphatic rings. The molecule has 3 heteroatoms. The van der Waals surface area contributed by atoms with E-state index in [1.165, 1.54) is 0 Å². The van der Waals surface area contributed by atoms with Crippen LogP contribution in [0.2, 0.25) is 0 Å². The fourth-order valence-corrected chi connectivity index (χ4v) is 1.74. The van der Waals surface area contributed by atoms with Crippen molar-refractivity contribution in [3.05, 3.63) is 65.2 Å². The number of aryl methyl sites for hydroxylation is 1. The molecule has 94 valence electrons. The maximum atomic E-state index is 8.70. The van der Waals surface area contributed by atoms with Gasteiger partial charge in [-0.2, -0.15) is 0 Å². The molecule has 3 nitrogen and oxygen atoms in total. The van der Waals surface area contributed by atoms with Crippen molar-refractivity contribution in [2.24, 2.45) is 0 Å². The summed E-state index contributed by atoms with van der Waals surface area (Å²) < 4.78 is 5.80. The normalized spacial score (nSPS) is 10.3. The fourth-order valence-electron chi connectivity index (χ4n) is 1.74. The zero-order valence-electron chi connectivity index (χ0n) is 10.4. The SMILES string of the molecule is Cc1ccc(CNO)cc1OCc1ccccc1. The highest BCUT2D eigenvalue weighted by molar-refractivity contribution is 5.36. The van der Waals surface area contributed by atoms with Crippen LogP contribution in [0.1, 0.15) is 16.7 Å². The predicted octanol–water partition coefficient (Wildman–Crippen LogP) is 3.05. The second-order valence-corrected chi connectivity index (χ2v) is 4.21. The van der Waals surface area contributed by atoms with Crippen LogP contribution in [0.4, 0.5) is 0 Å². The predicted molar refractivity (Wildman–Crippen MR) is 70.6 cm³/mol. The van der Waals surface area contributed by atoms with Gasteiger partial charge in [0.2, 0.25) is 0 Å². The van der Waals surface area contributed by atoms with Crippen molar-refractivity contribution < 1.29 is 9.94 Å². The van der Waals surface area contributed by atoms with Gasteiger partial charge in [0, 0.05) is 6.54 Å². The van der Waals surface area contributed by atoms with Gasteiger partial charge < -0.3 is 9.94 Å². The zero-order valence-corrected chi connectivity index (χ0v) is 10.4. The summed E-state index contributed by atoms with van der Waals surface area (Å²) in [6.07, 6.45) is 0. The van der Waals surface area contributed by atoms with Gasteiger partial charge in [0.15, 0.2) is 0 Å². The summed E-state index contributed by atoms with van der Waals surface area (Å²) in [7, 11) is 0. The number of hydroxylamine groups is 1. The van der Waals surface area contributed by atoms with Crippen LogP contribution < -0.4 is 10.2 Å². The maximum absolute atomic E-state index is 8.70. The Morgan fingerprint density at radius 1 is 1.06 bits per heavy atom. The lowest BCUT2D eigenvalue weighted by Gasteiger charge is -2.11. The second-order valence-electron chi connectivity index (χ2n) is 4.21. The van der Waals surface area contributed by atoms with Crippen molar-refractivity contribution in [3.8, 4) is 5.75 Å². The van der Waals surface area contributed by atoms with Crippen LogP contribution in [0.3, 0.4) is 0 Å². The van der Waals surface area contributed by atoms with Crippen LogP contribution in [0.25, 0.3) is 0 Å². The molecule has 0 atom stereocenters. The minimum absolute atomic E-state index is 0.419. The van der Waals surface area contributed by atoms with Gasteiger partial charge in [-0.05, 0) is 29.7 Å². The Bertz CT molecular complexity index is 497. The van der Waals surface area contributed by atoms with Crippen LogP contribution >= 0.6 is 0 Å². The minimum atomic E-state index is 0.419. The molecule has 0 amide bonds. The van der Waals surface area contributed by atoms with Crippen molar-refractivity contribution in [2.45, 2.75) is 20.1 Å². The van der Waals surface area contributed by atoms with Gasteiger partial charge in [-0.15, -0.1) is 0 Å². The van der Waals surface area contributed by atoms with Gasteiger partial charge in [-0.1, -0.05) is 42.5 Å². The first-order valence-corrected chi connectivity index (χ1v) is 5.93. The molecule has 0 aliphatic carbocycles. The number of ether oxygens (including phenoxy) is 1. The molecule has 0 radical (unpaired) electrons. The highest BCUT2D eigenvalue weighted by Gasteiger charge is 2.02. The topological polar surface area (TPSA) is 41.5 Å². The minimum Gasteiger partial charge on any atom is -0.489 e. The van der Waals surface area contributed by atoms with Crippen LogP contribution in [0.5, 0.6) is 5.75 Å². The monoisotopic (exact) mass is 243 g/mol. The van der Waals surface area contributed by atoms with E-state index in [1.807, 2.05) is 55.5 Å². The molecule has 2 aromatic carbocycles. The first-order chi connectivity index (χ1) is 8.79. The van der Waals surface area contributed by atoms with E-state index in [2.05, 4.69) is 5.48 Å². The standard InChI is InChI=1S/C15H17NO2/c1-12-7-8-14(10-16-17)9-15(12)18-11-13-5-3-2-4-6-13/h2-9,16-17H,10-11H2,1H3. The molecular weight excluding hydrogens is 226 g/mol. The molecule has 0 bridgehead atoms. The van der Waals surface area contributed by atoms with Gasteiger partial charge in [-0.25, -0.2) is 5.48 Å². The highest BCUT2D eigenvalue weighted by atomic mass is 16.5. The van der Waals surface area contributed by atoms with E-state index < -0.39 is 0 Å². The number of rotatable bonds is 5. The molecule has 0 fully saturated rings. The maximum Gasteiger partial charge on any atom is 0.123 e. The molecule has 0 saturated carbocycles. The van der Waals surface area contributed by atoms with Crippen LogP contribution in [0, 0.1) is 6.92 Å². The quantitative estimate of drug-likeness (QED) is 0.793. The third kappa shape index (κ3) is 3.32. The molecule has 0 aromatic heterocycles. The van der Waals surface area contributed by atoms with Gasteiger partial charge in [-0.3, -0.25) is 0 Å². The van der Waals surface area contributed by atoms with Gasteiger partial charge in [0.25, 0.3) is 0 Å². The molecule has 0 spiro atoms. The first kappa shape index (κ1) is 12.6. The Morgan fingerprint density at radius 3 is 2.56 bits per heavy atom. The zero-order chi connectivity index (χ0) is 12.8. The Morgan fingerprint density at radius 2 is 1.83 bits per heavy atom. The van der Waals surface area contributed by atoms with Gasteiger partial charge in [0.1, 0.15) is 12.4 Å². The highest BCUT2D eigenvalue weighted by Crippen LogP contribution is 2.20. The summed E-state index contributed by atoms with van der Waals surface area (Å²) in [4.78, 5) is 0. The van der Waals surface area contributed by atoms with E-state index in [4.69, 9.17) is 9.94 Å². The Hall–Kier alpha value is -1.84. The Balaban J connectivity index is 2.06. The average Bonchev–Trinajstić information content (AvgIpc) is 2.41. The summed E-state index contributed by atoms with van der Waals surface area (Å²) in [5, 5.41) is 8.70. The number of hydrogen-bond acceptors (Lipinski definition) is 3. The molecule has 2 aromatic rings. The molecule has 2 rings (SSSR count). The smallest absolute Gasteiger partial charge is 0.123 e. The van der Waals surface area contributed by atoms with Crippen molar-refractivity contribution in [2.75, 3.05) is 0 Å². The Labute approximate surface area is 107 Å². The van der Waals surface area contributed by atoms with Crippen molar-refractivity contribution in [1.82, 2.24) is 5.48 Å². The van der Waals surface area contributed by atoms with Crippen molar-refractivity contribution >= 4 is 0 Å². The van der Waals surface area contributed by atoms with Crippen LogP contribution in [-0.2, 0) is 13.2 Å². The second kappa shape index (κ2) is 6.19. The van der Waals surface area contributed by atoms with E-state index >= 15 is 0 Å². The largest absolute Gasteiger partial charge is 0.489 e. The number of hydrogen-bond donors (Lipinski definition) is 2. The number of nitrogens with one attached hydrogen (secondary N) is 1.